The molecule has 0 fully saturated rings. The zero-order chi connectivity index (χ0) is 39.2. The minimum Gasteiger partial charge on any atom is -0.439 e. The number of aliphatic hydroxyl groups is 1. The molecule has 17 heteroatoms. The second-order valence-corrected chi connectivity index (χ2v) is 12.3. The van der Waals surface area contributed by atoms with Crippen molar-refractivity contribution in [2.45, 2.75) is 65.0 Å². The van der Waals surface area contributed by atoms with E-state index in [1.807, 2.05) is 5.32 Å². The number of carbonyl (C=O) groups excluding carboxylic acids is 5. The van der Waals surface area contributed by atoms with Gasteiger partial charge in [-0.1, -0.05) is 38.2 Å². The summed E-state index contributed by atoms with van der Waals surface area (Å²) in [6.07, 6.45) is 0.762. The number of nitrogens with two attached hydrogens (primary N) is 1. The van der Waals surface area contributed by atoms with Crippen LogP contribution in [0.3, 0.4) is 0 Å². The first-order chi connectivity index (χ1) is 24.3. The number of carbonyl (C=O) groups is 5. The molecule has 2 aliphatic rings. The topological polar surface area (TPSA) is 183 Å². The molecule has 0 radical (unpaired) electrons. The van der Waals surface area contributed by atoms with Crippen LogP contribution in [0.4, 0.5) is 26.7 Å². The first kappa shape index (κ1) is 41.4. The second kappa shape index (κ2) is 17.5. The Morgan fingerprint density at radius 3 is 2.12 bits per heavy atom. The largest absolute Gasteiger partial charge is 0.439 e. The minimum atomic E-state index is -2.51. The maximum atomic E-state index is 14.5. The average molecular weight is 740 g/mol. The number of hydrogen-bond donors (Lipinski definition) is 4. The fourth-order valence-electron chi connectivity index (χ4n) is 5.70. The molecule has 0 saturated heterocycles. The van der Waals surface area contributed by atoms with E-state index < -0.39 is 117 Å². The average Bonchev–Trinajstić information content (AvgIpc) is 3.09. The number of amides is 3. The Kier molecular flexibility index (Phi) is 13.9. The molecule has 0 spiro atoms. The molecule has 0 aromatic heterocycles. The Morgan fingerprint density at radius 2 is 1.56 bits per heavy atom. The summed E-state index contributed by atoms with van der Waals surface area (Å²) in [5, 5.41) is 15.4. The van der Waals surface area contributed by atoms with Crippen LogP contribution in [-0.2, 0) is 28.6 Å². The molecule has 0 unspecified atom stereocenters. The molecule has 1 heterocycles. The summed E-state index contributed by atoms with van der Waals surface area (Å²) in [7, 11) is 2.64. The Balaban J connectivity index is 2.15. The van der Waals surface area contributed by atoms with Crippen molar-refractivity contribution in [3.63, 3.8) is 0 Å². The number of fused-ring (bicyclic) bond motifs is 2. The van der Waals surface area contributed by atoms with Crippen LogP contribution in [0.25, 0.3) is 0 Å². The highest BCUT2D eigenvalue weighted by molar-refractivity contribution is 6.24. The van der Waals surface area contributed by atoms with E-state index in [4.69, 9.17) is 19.9 Å². The Hall–Kier alpha value is -5.00. The van der Waals surface area contributed by atoms with Crippen molar-refractivity contribution in [3.8, 4) is 0 Å². The fraction of sp³-hybridized carbons (Fsp3) is 0.400. The van der Waals surface area contributed by atoms with Gasteiger partial charge in [0.05, 0.1) is 23.6 Å². The van der Waals surface area contributed by atoms with Crippen LogP contribution >= 0.6 is 0 Å². The first-order valence-electron chi connectivity index (χ1n) is 15.7. The van der Waals surface area contributed by atoms with E-state index in [0.29, 0.717) is 11.6 Å². The van der Waals surface area contributed by atoms with Crippen molar-refractivity contribution in [2.24, 2.45) is 17.6 Å². The number of allylic oxidation sites excluding steroid dienone is 4. The van der Waals surface area contributed by atoms with E-state index in [-0.39, 0.29) is 18.4 Å². The number of halogens is 5. The number of ether oxygens (including phenoxy) is 3. The number of Topliss-reactive ketones (excluding diaryl/α,β-unsaturated/α-hetero) is 1. The lowest BCUT2D eigenvalue weighted by Crippen LogP contribution is -2.39. The Bertz CT molecular complexity index is 1770. The zero-order valence-electron chi connectivity index (χ0n) is 28.9. The molecule has 282 valence electrons. The van der Waals surface area contributed by atoms with Gasteiger partial charge < -0.3 is 35.7 Å². The highest BCUT2D eigenvalue weighted by Gasteiger charge is 2.36. The van der Waals surface area contributed by atoms with E-state index in [9.17, 15) is 51.0 Å². The van der Waals surface area contributed by atoms with E-state index in [1.54, 1.807) is 26.8 Å². The molecule has 1 aromatic rings. The number of aliphatic hydroxyl groups excluding tert-OH is 1. The first-order valence-corrected chi connectivity index (χ1v) is 15.7. The zero-order valence-corrected chi connectivity index (χ0v) is 28.9. The van der Waals surface area contributed by atoms with Crippen LogP contribution in [0, 0.1) is 40.9 Å². The lowest BCUT2D eigenvalue weighted by atomic mass is 9.85. The van der Waals surface area contributed by atoms with Crippen molar-refractivity contribution in [3.05, 3.63) is 93.1 Å². The molecule has 2 bridgehead atoms. The molecule has 6 atom stereocenters. The molecular formula is C35H38F5N3O9. The van der Waals surface area contributed by atoms with E-state index in [0.717, 1.165) is 0 Å². The third-order valence-corrected chi connectivity index (χ3v) is 8.47. The molecule has 0 saturated carbocycles. The molecule has 1 aliphatic carbocycles. The lowest BCUT2D eigenvalue weighted by molar-refractivity contribution is -0.120. The third-order valence-electron chi connectivity index (χ3n) is 8.47. The van der Waals surface area contributed by atoms with Gasteiger partial charge in [0.25, 0.3) is 11.8 Å². The summed E-state index contributed by atoms with van der Waals surface area (Å²) in [5.41, 5.74) is 1.99. The molecule has 5 N–H and O–H groups in total. The van der Waals surface area contributed by atoms with Crippen molar-refractivity contribution in [1.82, 2.24) is 10.6 Å². The minimum absolute atomic E-state index is 0.00334. The summed E-state index contributed by atoms with van der Waals surface area (Å²) < 4.78 is 86.7. The van der Waals surface area contributed by atoms with Gasteiger partial charge in [-0.2, -0.15) is 0 Å². The van der Waals surface area contributed by atoms with E-state index in [2.05, 4.69) is 5.32 Å². The summed E-state index contributed by atoms with van der Waals surface area (Å²) in [4.78, 5) is 65.0. The van der Waals surface area contributed by atoms with Gasteiger partial charge in [0.1, 0.15) is 11.7 Å². The third kappa shape index (κ3) is 9.26. The van der Waals surface area contributed by atoms with E-state index >= 15 is 0 Å². The number of hydrogen-bond acceptors (Lipinski definition) is 9. The van der Waals surface area contributed by atoms with Crippen LogP contribution in [0.1, 0.15) is 50.9 Å². The fourth-order valence-corrected chi connectivity index (χ4v) is 5.70. The summed E-state index contributed by atoms with van der Waals surface area (Å²) in [5.74, 6) is -18.5. The van der Waals surface area contributed by atoms with Gasteiger partial charge in [-0.15, -0.1) is 0 Å². The molecule has 52 heavy (non-hydrogen) atoms. The Labute approximate surface area is 295 Å². The summed E-state index contributed by atoms with van der Waals surface area (Å²) in [6, 6.07) is 0. The predicted molar refractivity (Wildman–Crippen MR) is 173 cm³/mol. The lowest BCUT2D eigenvalue weighted by Gasteiger charge is -2.30. The van der Waals surface area contributed by atoms with Gasteiger partial charge in [0.15, 0.2) is 29.4 Å². The van der Waals surface area contributed by atoms with Crippen molar-refractivity contribution < 1.29 is 65.2 Å². The maximum Gasteiger partial charge on any atom is 0.405 e. The number of rotatable bonds is 5. The molecule has 3 amide bonds. The van der Waals surface area contributed by atoms with Gasteiger partial charge in [-0.05, 0) is 38.2 Å². The molecule has 1 aromatic carbocycles. The quantitative estimate of drug-likeness (QED) is 0.115. The van der Waals surface area contributed by atoms with Gasteiger partial charge in [0, 0.05) is 37.4 Å². The number of nitrogens with one attached hydrogen (secondary N) is 2. The van der Waals surface area contributed by atoms with Crippen LogP contribution < -0.4 is 16.4 Å². The second-order valence-electron chi connectivity index (χ2n) is 12.3. The monoisotopic (exact) mass is 739 g/mol. The van der Waals surface area contributed by atoms with Gasteiger partial charge in [-0.25, -0.2) is 26.7 Å². The van der Waals surface area contributed by atoms with Gasteiger partial charge >= 0.3 is 6.09 Å². The Morgan fingerprint density at radius 1 is 0.962 bits per heavy atom. The van der Waals surface area contributed by atoms with Crippen LogP contribution in [0.2, 0.25) is 0 Å². The predicted octanol–water partition coefficient (Wildman–Crippen LogP) is 3.89. The summed E-state index contributed by atoms with van der Waals surface area (Å²) in [6.45, 7) is 6.20. The van der Waals surface area contributed by atoms with Crippen molar-refractivity contribution in [2.75, 3.05) is 14.2 Å². The van der Waals surface area contributed by atoms with Crippen LogP contribution in [-0.4, -0.2) is 73.2 Å². The SMILES string of the molecule is CO[C@H]1/C=C\C=C(/C)C(=O)NC2=CC(=O)C(NC(=O)c3c(F)c(F)c(F)c(F)c3F)=C(C[C@@H](C)C[C@H](OC)[C@H](O)[C@@H](C)/C=C(\C)[C@@H]1OC(N)=O)C2=O. The highest BCUT2D eigenvalue weighted by Crippen LogP contribution is 2.30. The number of ketones is 2. The van der Waals surface area contributed by atoms with Crippen LogP contribution in [0.5, 0.6) is 0 Å². The van der Waals surface area contributed by atoms with Gasteiger partial charge in [0.2, 0.25) is 17.4 Å². The normalized spacial score (nSPS) is 27.8. The molecule has 12 nitrogen and oxygen atoms in total. The maximum absolute atomic E-state index is 14.5. The van der Waals surface area contributed by atoms with Crippen LogP contribution in [0.15, 0.2) is 58.5 Å². The molecular weight excluding hydrogens is 701 g/mol. The van der Waals surface area contributed by atoms with E-state index in [1.165, 1.54) is 39.4 Å². The molecule has 1 aliphatic heterocycles. The van der Waals surface area contributed by atoms with Crippen molar-refractivity contribution >= 4 is 29.5 Å². The van der Waals surface area contributed by atoms with Gasteiger partial charge in [-0.3, -0.25) is 19.2 Å². The standard InChI is InChI=1S/C35H38F5N3O9/c1-14-10-18-29(43-34(48)23-24(36)26(38)28(40)27(39)25(23)37)20(44)13-19(31(18)46)42-33(47)15(2)8-7-9-21(50-5)32(52-35(41)49)17(4)12-16(3)30(45)22(11-14)51-6/h7-9,12-14,16,21-22,30,32,45H,10-11H2,1-6H3,(H2,41,49)(H,42,47)(H,43,48)/b9-7-,15-8+,17-12+/t14-,16+,21+,22+,30-,32+/m1/s1. The smallest absolute Gasteiger partial charge is 0.405 e. The number of primary amides is 1. The van der Waals surface area contributed by atoms with Crippen molar-refractivity contribution in [1.29, 1.82) is 0 Å². The molecule has 3 rings (SSSR count). The highest BCUT2D eigenvalue weighted by atomic mass is 19.2. The number of benzene rings is 1. The summed E-state index contributed by atoms with van der Waals surface area (Å²) >= 11 is 0. The number of methoxy groups -OCH3 is 2.